The van der Waals surface area contributed by atoms with Crippen molar-refractivity contribution in [1.29, 1.82) is 0 Å². The van der Waals surface area contributed by atoms with Gasteiger partial charge in [0.1, 0.15) is 6.54 Å². The first kappa shape index (κ1) is 15.7. The Morgan fingerprint density at radius 2 is 2.18 bits per heavy atom. The highest BCUT2D eigenvalue weighted by molar-refractivity contribution is 6.01. The molecule has 0 aliphatic carbocycles. The number of amides is 4. The summed E-state index contributed by atoms with van der Waals surface area (Å²) in [7, 11) is 3.09. The van der Waals surface area contributed by atoms with Gasteiger partial charge in [0, 0.05) is 26.1 Å². The van der Waals surface area contributed by atoms with Crippen molar-refractivity contribution in [2.24, 2.45) is 0 Å². The number of hydrogen-bond acceptors (Lipinski definition) is 5. The topological polar surface area (TPSA) is 91.8 Å². The Labute approximate surface area is 128 Å². The largest absolute Gasteiger partial charge is 0.481 e. The van der Waals surface area contributed by atoms with E-state index in [2.05, 4.69) is 10.3 Å². The van der Waals surface area contributed by atoms with Gasteiger partial charge in [0.25, 0.3) is 0 Å². The van der Waals surface area contributed by atoms with Crippen molar-refractivity contribution in [3.05, 3.63) is 18.3 Å². The van der Waals surface area contributed by atoms with E-state index in [0.29, 0.717) is 18.0 Å². The molecule has 1 aliphatic heterocycles. The first-order valence-electron chi connectivity index (χ1n) is 6.86. The van der Waals surface area contributed by atoms with E-state index < -0.39 is 0 Å². The monoisotopic (exact) mass is 306 g/mol. The number of imide groups is 1. The first-order valence-corrected chi connectivity index (χ1v) is 6.86. The number of anilines is 1. The molecular weight excluding hydrogens is 288 g/mol. The number of carbonyl (C=O) groups excluding carboxylic acids is 3. The van der Waals surface area contributed by atoms with Crippen molar-refractivity contribution in [2.45, 2.75) is 12.8 Å². The summed E-state index contributed by atoms with van der Waals surface area (Å²) in [5, 5.41) is 2.69. The molecule has 0 bridgehead atoms. The minimum atomic E-state index is -0.315. The Bertz CT molecular complexity index is 573. The average Bonchev–Trinajstić information content (AvgIpc) is 2.74. The van der Waals surface area contributed by atoms with Crippen LogP contribution in [0.1, 0.15) is 12.8 Å². The van der Waals surface area contributed by atoms with Gasteiger partial charge in [-0.1, -0.05) is 0 Å². The van der Waals surface area contributed by atoms with Crippen LogP contribution in [0.3, 0.4) is 0 Å². The van der Waals surface area contributed by atoms with Crippen LogP contribution >= 0.6 is 0 Å². The second-order valence-corrected chi connectivity index (χ2v) is 4.92. The summed E-state index contributed by atoms with van der Waals surface area (Å²) in [6.45, 7) is 0.346. The maximum Gasteiger partial charge on any atom is 0.326 e. The van der Waals surface area contributed by atoms with Gasteiger partial charge in [-0.25, -0.2) is 9.78 Å². The summed E-state index contributed by atoms with van der Waals surface area (Å²) in [4.78, 5) is 41.5. The van der Waals surface area contributed by atoms with Crippen molar-refractivity contribution in [2.75, 3.05) is 32.6 Å². The SMILES string of the molecule is COc1ccc(NC(=O)CCCN2C(=O)CN(C)C2=O)cn1. The number of likely N-dealkylation sites (N-methyl/N-ethyl adjacent to an activating group) is 1. The highest BCUT2D eigenvalue weighted by atomic mass is 16.5. The van der Waals surface area contributed by atoms with Crippen LogP contribution in [-0.2, 0) is 9.59 Å². The third kappa shape index (κ3) is 3.72. The molecule has 8 nitrogen and oxygen atoms in total. The molecule has 1 aromatic rings. The fourth-order valence-corrected chi connectivity index (χ4v) is 2.09. The van der Waals surface area contributed by atoms with Crippen LogP contribution in [-0.4, -0.2) is 59.9 Å². The second kappa shape index (κ2) is 6.88. The number of urea groups is 1. The maximum absolute atomic E-state index is 11.8. The summed E-state index contributed by atoms with van der Waals surface area (Å²) in [5.41, 5.74) is 0.568. The van der Waals surface area contributed by atoms with E-state index in [1.54, 1.807) is 19.2 Å². The smallest absolute Gasteiger partial charge is 0.326 e. The number of nitrogens with one attached hydrogen (secondary N) is 1. The zero-order valence-electron chi connectivity index (χ0n) is 12.5. The molecule has 1 N–H and O–H groups in total. The van der Waals surface area contributed by atoms with Crippen molar-refractivity contribution in [3.8, 4) is 5.88 Å². The summed E-state index contributed by atoms with van der Waals surface area (Å²) in [6.07, 6.45) is 2.13. The molecule has 1 aromatic heterocycles. The van der Waals surface area contributed by atoms with Crippen molar-refractivity contribution >= 4 is 23.5 Å². The molecule has 2 rings (SSSR count). The van der Waals surface area contributed by atoms with Crippen molar-refractivity contribution < 1.29 is 19.1 Å². The molecule has 8 heteroatoms. The van der Waals surface area contributed by atoms with Gasteiger partial charge in [-0.05, 0) is 12.5 Å². The zero-order valence-corrected chi connectivity index (χ0v) is 12.5. The summed E-state index contributed by atoms with van der Waals surface area (Å²) in [6, 6.07) is 3.02. The highest BCUT2D eigenvalue weighted by Gasteiger charge is 2.32. The molecule has 1 fully saturated rings. The van der Waals surface area contributed by atoms with Crippen LogP contribution < -0.4 is 10.1 Å². The standard InChI is InChI=1S/C14H18N4O4/c1-17-9-13(20)18(14(17)21)7-3-4-11(19)16-10-5-6-12(22-2)15-8-10/h5-6,8H,3-4,7,9H2,1-2H3,(H,16,19). The molecule has 0 atom stereocenters. The lowest BCUT2D eigenvalue weighted by molar-refractivity contribution is -0.125. The molecule has 1 aliphatic rings. The Morgan fingerprint density at radius 1 is 1.41 bits per heavy atom. The maximum atomic E-state index is 11.8. The van der Waals surface area contributed by atoms with E-state index in [1.807, 2.05) is 0 Å². The third-order valence-corrected chi connectivity index (χ3v) is 3.25. The van der Waals surface area contributed by atoms with Crippen LogP contribution in [0.2, 0.25) is 0 Å². The van der Waals surface area contributed by atoms with Gasteiger partial charge in [-0.2, -0.15) is 0 Å². The third-order valence-electron chi connectivity index (χ3n) is 3.25. The molecular formula is C14H18N4O4. The molecule has 22 heavy (non-hydrogen) atoms. The van der Waals surface area contributed by atoms with Crippen LogP contribution in [0.15, 0.2) is 18.3 Å². The first-order chi connectivity index (χ1) is 10.5. The Kier molecular flexibility index (Phi) is 4.92. The van der Waals surface area contributed by atoms with Gasteiger partial charge in [-0.3, -0.25) is 14.5 Å². The predicted molar refractivity (Wildman–Crippen MR) is 78.4 cm³/mol. The minimum Gasteiger partial charge on any atom is -0.481 e. The minimum absolute atomic E-state index is 0.0997. The number of pyridine rings is 1. The Hall–Kier alpha value is -2.64. The van der Waals surface area contributed by atoms with E-state index in [9.17, 15) is 14.4 Å². The molecule has 0 radical (unpaired) electrons. The summed E-state index contributed by atoms with van der Waals surface area (Å²) >= 11 is 0. The number of carbonyl (C=O) groups is 3. The van der Waals surface area contributed by atoms with Gasteiger partial charge < -0.3 is 15.0 Å². The Morgan fingerprint density at radius 3 is 2.73 bits per heavy atom. The lowest BCUT2D eigenvalue weighted by Crippen LogP contribution is -2.32. The molecule has 118 valence electrons. The molecule has 0 spiro atoms. The zero-order chi connectivity index (χ0) is 16.1. The van der Waals surface area contributed by atoms with E-state index in [-0.39, 0.29) is 37.4 Å². The quantitative estimate of drug-likeness (QED) is 0.781. The Balaban J connectivity index is 1.76. The normalized spacial score (nSPS) is 14.5. The lowest BCUT2D eigenvalue weighted by Gasteiger charge is -2.13. The number of nitrogens with zero attached hydrogens (tertiary/aromatic N) is 3. The van der Waals surface area contributed by atoms with Crippen LogP contribution in [0.4, 0.5) is 10.5 Å². The summed E-state index contributed by atoms with van der Waals surface area (Å²) < 4.78 is 4.93. The van der Waals surface area contributed by atoms with Gasteiger partial charge in [0.2, 0.25) is 17.7 Å². The van der Waals surface area contributed by atoms with Crippen molar-refractivity contribution in [1.82, 2.24) is 14.8 Å². The number of hydrogen-bond donors (Lipinski definition) is 1. The number of ether oxygens (including phenoxy) is 1. The van der Waals surface area contributed by atoms with Crippen LogP contribution in [0.25, 0.3) is 0 Å². The van der Waals surface area contributed by atoms with Gasteiger partial charge in [0.15, 0.2) is 0 Å². The molecule has 4 amide bonds. The lowest BCUT2D eigenvalue weighted by atomic mass is 10.2. The van der Waals surface area contributed by atoms with E-state index >= 15 is 0 Å². The van der Waals surface area contributed by atoms with E-state index in [0.717, 1.165) is 0 Å². The van der Waals surface area contributed by atoms with Crippen LogP contribution in [0.5, 0.6) is 5.88 Å². The fourth-order valence-electron chi connectivity index (χ4n) is 2.09. The number of rotatable bonds is 6. The van der Waals surface area contributed by atoms with Gasteiger partial charge >= 0.3 is 6.03 Å². The molecule has 0 unspecified atom stereocenters. The fraction of sp³-hybridized carbons (Fsp3) is 0.429. The highest BCUT2D eigenvalue weighted by Crippen LogP contribution is 2.12. The number of methoxy groups -OCH3 is 1. The molecule has 0 saturated carbocycles. The van der Waals surface area contributed by atoms with Gasteiger partial charge in [-0.15, -0.1) is 0 Å². The predicted octanol–water partition coefficient (Wildman–Crippen LogP) is 0.703. The van der Waals surface area contributed by atoms with Crippen molar-refractivity contribution in [3.63, 3.8) is 0 Å². The molecule has 1 saturated heterocycles. The summed E-state index contributed by atoms with van der Waals surface area (Å²) in [5.74, 6) is 0.0415. The van der Waals surface area contributed by atoms with E-state index in [1.165, 1.54) is 23.1 Å². The average molecular weight is 306 g/mol. The van der Waals surface area contributed by atoms with Crippen LogP contribution in [0, 0.1) is 0 Å². The molecule has 2 heterocycles. The molecule has 0 aromatic carbocycles. The van der Waals surface area contributed by atoms with E-state index in [4.69, 9.17) is 4.74 Å². The number of aromatic nitrogens is 1. The second-order valence-electron chi connectivity index (χ2n) is 4.92. The van der Waals surface area contributed by atoms with Gasteiger partial charge in [0.05, 0.1) is 19.0 Å².